The van der Waals surface area contributed by atoms with E-state index in [0.29, 0.717) is 6.04 Å². The van der Waals surface area contributed by atoms with Gasteiger partial charge >= 0.3 is 0 Å². The van der Waals surface area contributed by atoms with E-state index in [1.54, 1.807) is 0 Å². The van der Waals surface area contributed by atoms with Crippen LogP contribution in [-0.2, 0) is 6.42 Å². The number of para-hydroxylation sites is 1. The molecule has 1 aromatic carbocycles. The number of aryl methyl sites for hydroxylation is 1. The van der Waals surface area contributed by atoms with Gasteiger partial charge in [0.15, 0.2) is 0 Å². The van der Waals surface area contributed by atoms with Crippen LogP contribution < -0.4 is 10.1 Å². The Bertz CT molecular complexity index is 367. The minimum Gasteiger partial charge on any atom is -0.493 e. The van der Waals surface area contributed by atoms with Crippen LogP contribution in [0.15, 0.2) is 18.2 Å². The van der Waals surface area contributed by atoms with Crippen LogP contribution in [0.5, 0.6) is 5.75 Å². The number of fused-ring (bicyclic) bond motifs is 1. The zero-order valence-corrected chi connectivity index (χ0v) is 11.5. The summed E-state index contributed by atoms with van der Waals surface area (Å²) in [7, 11) is 2.03. The Balaban J connectivity index is 2.23. The highest BCUT2D eigenvalue weighted by atomic mass is 32.2. The molecular weight excluding hydrogens is 230 g/mol. The normalized spacial score (nSPS) is 16.1. The van der Waals surface area contributed by atoms with Gasteiger partial charge in [-0.1, -0.05) is 18.2 Å². The summed E-state index contributed by atoms with van der Waals surface area (Å²) in [5.74, 6) is 2.31. The molecule has 0 saturated carbocycles. The number of ether oxygens (including phenoxy) is 1. The summed E-state index contributed by atoms with van der Waals surface area (Å²) in [6, 6.07) is 6.97. The van der Waals surface area contributed by atoms with E-state index in [0.717, 1.165) is 31.6 Å². The van der Waals surface area contributed by atoms with Crippen molar-refractivity contribution in [2.75, 3.05) is 25.7 Å². The summed E-state index contributed by atoms with van der Waals surface area (Å²) in [5, 5.41) is 3.41. The molecule has 0 aromatic heterocycles. The van der Waals surface area contributed by atoms with Gasteiger partial charge in [0.25, 0.3) is 0 Å². The third-order valence-electron chi connectivity index (χ3n) is 3.30. The first-order valence-corrected chi connectivity index (χ1v) is 7.67. The quantitative estimate of drug-likeness (QED) is 0.869. The van der Waals surface area contributed by atoms with Crippen LogP contribution in [0.25, 0.3) is 0 Å². The molecule has 17 heavy (non-hydrogen) atoms. The third-order valence-corrected chi connectivity index (χ3v) is 3.94. The average molecular weight is 251 g/mol. The maximum atomic E-state index is 5.87. The minimum atomic E-state index is 0.412. The summed E-state index contributed by atoms with van der Waals surface area (Å²) in [5.41, 5.74) is 2.71. The van der Waals surface area contributed by atoms with Gasteiger partial charge in [0.05, 0.1) is 6.61 Å². The molecule has 0 amide bonds. The summed E-state index contributed by atoms with van der Waals surface area (Å²) < 4.78 is 5.87. The fourth-order valence-electron chi connectivity index (χ4n) is 2.38. The molecule has 3 heteroatoms. The van der Waals surface area contributed by atoms with E-state index in [1.165, 1.54) is 16.9 Å². The Labute approximate surface area is 108 Å². The van der Waals surface area contributed by atoms with E-state index in [1.807, 2.05) is 18.8 Å². The smallest absolute Gasteiger partial charge is 0.127 e. The molecule has 1 aliphatic heterocycles. The first-order chi connectivity index (χ1) is 8.36. The van der Waals surface area contributed by atoms with Crippen molar-refractivity contribution in [1.29, 1.82) is 0 Å². The predicted molar refractivity (Wildman–Crippen MR) is 75.1 cm³/mol. The molecule has 1 N–H and O–H groups in total. The first-order valence-electron chi connectivity index (χ1n) is 6.27. The van der Waals surface area contributed by atoms with Crippen LogP contribution in [-0.4, -0.2) is 25.7 Å². The van der Waals surface area contributed by atoms with E-state index in [2.05, 4.69) is 29.8 Å². The second-order valence-corrected chi connectivity index (χ2v) is 5.40. The molecular formula is C14H21NOS. The predicted octanol–water partition coefficient (Wildman–Crippen LogP) is 3.03. The van der Waals surface area contributed by atoms with Crippen LogP contribution in [0.3, 0.4) is 0 Å². The second kappa shape index (κ2) is 6.31. The Morgan fingerprint density at radius 3 is 3.12 bits per heavy atom. The van der Waals surface area contributed by atoms with E-state index < -0.39 is 0 Å². The molecule has 0 aliphatic carbocycles. The first kappa shape index (κ1) is 12.8. The van der Waals surface area contributed by atoms with Gasteiger partial charge in [-0.05, 0) is 43.9 Å². The molecule has 2 nitrogen and oxygen atoms in total. The maximum absolute atomic E-state index is 5.87. The molecule has 0 spiro atoms. The number of thioether (sulfide) groups is 1. The molecule has 2 rings (SSSR count). The monoisotopic (exact) mass is 251 g/mol. The van der Waals surface area contributed by atoms with Crippen molar-refractivity contribution in [2.24, 2.45) is 0 Å². The molecule has 0 radical (unpaired) electrons. The molecule has 0 bridgehead atoms. The van der Waals surface area contributed by atoms with Gasteiger partial charge in [-0.15, -0.1) is 0 Å². The summed E-state index contributed by atoms with van der Waals surface area (Å²) >= 11 is 1.90. The Hall–Kier alpha value is -0.670. The second-order valence-electron chi connectivity index (χ2n) is 4.41. The molecule has 1 aliphatic rings. The maximum Gasteiger partial charge on any atom is 0.127 e. The topological polar surface area (TPSA) is 21.3 Å². The number of rotatable bonds is 5. The van der Waals surface area contributed by atoms with Crippen molar-refractivity contribution < 1.29 is 4.74 Å². The molecule has 1 aromatic rings. The van der Waals surface area contributed by atoms with Crippen molar-refractivity contribution in [3.63, 3.8) is 0 Å². The molecule has 0 fully saturated rings. The van der Waals surface area contributed by atoms with Crippen LogP contribution in [0.2, 0.25) is 0 Å². The molecule has 0 saturated heterocycles. The van der Waals surface area contributed by atoms with Crippen molar-refractivity contribution in [2.45, 2.75) is 25.3 Å². The van der Waals surface area contributed by atoms with Gasteiger partial charge < -0.3 is 10.1 Å². The van der Waals surface area contributed by atoms with Crippen LogP contribution in [0.4, 0.5) is 0 Å². The highest BCUT2D eigenvalue weighted by Gasteiger charge is 2.19. The van der Waals surface area contributed by atoms with Crippen LogP contribution in [0.1, 0.15) is 30.0 Å². The Morgan fingerprint density at radius 1 is 1.47 bits per heavy atom. The molecule has 1 heterocycles. The average Bonchev–Trinajstić information content (AvgIpc) is 2.40. The Kier molecular flexibility index (Phi) is 4.75. The lowest BCUT2D eigenvalue weighted by Crippen LogP contribution is -2.20. The SMILES string of the molecule is CNC(CCSC)c1cccc2c1OCCC2. The van der Waals surface area contributed by atoms with E-state index in [9.17, 15) is 0 Å². The highest BCUT2D eigenvalue weighted by Crippen LogP contribution is 2.34. The van der Waals surface area contributed by atoms with E-state index in [-0.39, 0.29) is 0 Å². The molecule has 1 unspecified atom stereocenters. The number of hydrogen-bond acceptors (Lipinski definition) is 3. The van der Waals surface area contributed by atoms with Crippen LogP contribution >= 0.6 is 11.8 Å². The number of nitrogens with one attached hydrogen (secondary N) is 1. The van der Waals surface area contributed by atoms with Gasteiger partial charge in [-0.2, -0.15) is 11.8 Å². The fourth-order valence-corrected chi connectivity index (χ4v) is 2.85. The summed E-state index contributed by atoms with van der Waals surface area (Å²) in [6.45, 7) is 0.864. The standard InChI is InChI=1S/C14H21NOS/c1-15-13(8-10-17-2)12-7-3-5-11-6-4-9-16-14(11)12/h3,5,7,13,15H,4,6,8-10H2,1-2H3. The van der Waals surface area contributed by atoms with Crippen LogP contribution in [0, 0.1) is 0 Å². The van der Waals surface area contributed by atoms with Gasteiger partial charge in [-0.25, -0.2) is 0 Å². The highest BCUT2D eigenvalue weighted by molar-refractivity contribution is 7.98. The lowest BCUT2D eigenvalue weighted by molar-refractivity contribution is 0.282. The van der Waals surface area contributed by atoms with E-state index in [4.69, 9.17) is 4.74 Å². The molecule has 1 atom stereocenters. The number of benzene rings is 1. The van der Waals surface area contributed by atoms with Gasteiger partial charge in [0.2, 0.25) is 0 Å². The van der Waals surface area contributed by atoms with Crippen molar-refractivity contribution in [3.8, 4) is 5.75 Å². The Morgan fingerprint density at radius 2 is 2.35 bits per heavy atom. The third kappa shape index (κ3) is 2.96. The zero-order valence-electron chi connectivity index (χ0n) is 10.7. The van der Waals surface area contributed by atoms with Gasteiger partial charge in [-0.3, -0.25) is 0 Å². The number of hydrogen-bond donors (Lipinski definition) is 1. The minimum absolute atomic E-state index is 0.412. The van der Waals surface area contributed by atoms with Crippen molar-refractivity contribution in [1.82, 2.24) is 5.32 Å². The lowest BCUT2D eigenvalue weighted by atomic mass is 9.97. The van der Waals surface area contributed by atoms with Gasteiger partial charge in [0, 0.05) is 11.6 Å². The fraction of sp³-hybridized carbons (Fsp3) is 0.571. The summed E-state index contributed by atoms with van der Waals surface area (Å²) in [4.78, 5) is 0. The van der Waals surface area contributed by atoms with E-state index >= 15 is 0 Å². The van der Waals surface area contributed by atoms with Gasteiger partial charge in [0.1, 0.15) is 5.75 Å². The van der Waals surface area contributed by atoms with Crippen molar-refractivity contribution in [3.05, 3.63) is 29.3 Å². The largest absolute Gasteiger partial charge is 0.493 e. The summed E-state index contributed by atoms with van der Waals surface area (Å²) in [6.07, 6.45) is 5.61. The lowest BCUT2D eigenvalue weighted by Gasteiger charge is -2.25. The molecule has 94 valence electrons. The zero-order chi connectivity index (χ0) is 12.1. The van der Waals surface area contributed by atoms with Crippen molar-refractivity contribution >= 4 is 11.8 Å².